The van der Waals surface area contributed by atoms with Crippen molar-refractivity contribution in [1.82, 2.24) is 5.32 Å². The number of carbonyl (C=O) groups is 2. The second-order valence-corrected chi connectivity index (χ2v) is 5.57. The van der Waals surface area contributed by atoms with E-state index in [1.807, 2.05) is 30.3 Å². The molecule has 24 heavy (non-hydrogen) atoms. The molecule has 1 N–H and O–H groups in total. The average Bonchev–Trinajstić information content (AvgIpc) is 2.57. The van der Waals surface area contributed by atoms with E-state index >= 15 is 0 Å². The normalized spacial score (nSPS) is 12.2. The summed E-state index contributed by atoms with van der Waals surface area (Å²) in [6.07, 6.45) is 1.98. The molecular formula is C19H22N2O3. The van der Waals surface area contributed by atoms with E-state index in [0.717, 1.165) is 5.56 Å². The summed E-state index contributed by atoms with van der Waals surface area (Å²) in [5.74, 6) is -0.869. The Kier molecular flexibility index (Phi) is 7.44. The predicted octanol–water partition coefficient (Wildman–Crippen LogP) is 2.95. The van der Waals surface area contributed by atoms with Gasteiger partial charge in [0, 0.05) is 6.54 Å². The lowest BCUT2D eigenvalue weighted by atomic mass is 10.0. The third-order valence-corrected chi connectivity index (χ3v) is 3.33. The van der Waals surface area contributed by atoms with Gasteiger partial charge in [0.2, 0.25) is 0 Å². The van der Waals surface area contributed by atoms with Crippen molar-refractivity contribution in [3.8, 4) is 6.07 Å². The van der Waals surface area contributed by atoms with Crippen LogP contribution < -0.4 is 5.32 Å². The molecule has 1 aromatic carbocycles. The molecule has 0 saturated heterocycles. The molecule has 0 aromatic heterocycles. The van der Waals surface area contributed by atoms with E-state index in [1.165, 1.54) is 24.6 Å². The first-order valence-electron chi connectivity index (χ1n) is 7.70. The minimum atomic E-state index is -0.988. The molecule has 0 radical (unpaired) electrons. The van der Waals surface area contributed by atoms with Crippen molar-refractivity contribution < 1.29 is 14.3 Å². The van der Waals surface area contributed by atoms with Gasteiger partial charge in [0.05, 0.1) is 0 Å². The van der Waals surface area contributed by atoms with Crippen LogP contribution in [0, 0.1) is 11.3 Å². The number of nitrogens with one attached hydrogen (secondary N) is 1. The lowest BCUT2D eigenvalue weighted by Gasteiger charge is -2.12. The Hall–Kier alpha value is -2.87. The molecule has 0 aliphatic heterocycles. The number of ether oxygens (including phenoxy) is 1. The summed E-state index contributed by atoms with van der Waals surface area (Å²) in [5, 5.41) is 11.7. The highest BCUT2D eigenvalue weighted by Gasteiger charge is 2.20. The van der Waals surface area contributed by atoms with Crippen LogP contribution in [0.2, 0.25) is 0 Å². The number of amides is 1. The quantitative estimate of drug-likeness (QED) is 0.361. The fourth-order valence-electron chi connectivity index (χ4n) is 1.87. The number of hydrogen-bond donors (Lipinski definition) is 1. The molecule has 0 saturated carbocycles. The van der Waals surface area contributed by atoms with Crippen molar-refractivity contribution in [3.05, 3.63) is 53.6 Å². The van der Waals surface area contributed by atoms with E-state index < -0.39 is 18.0 Å². The summed E-state index contributed by atoms with van der Waals surface area (Å²) >= 11 is 0. The molecule has 0 fully saturated rings. The third kappa shape index (κ3) is 5.73. The maximum atomic E-state index is 12.0. The SMILES string of the molecule is C=CCNC(=O)[C@@H](C)OC(=O)/C(C#N)=C/c1ccc(C(C)C)cc1. The smallest absolute Gasteiger partial charge is 0.349 e. The van der Waals surface area contributed by atoms with Crippen molar-refractivity contribution in [2.75, 3.05) is 6.54 Å². The van der Waals surface area contributed by atoms with Crippen molar-refractivity contribution in [1.29, 1.82) is 5.26 Å². The van der Waals surface area contributed by atoms with Gasteiger partial charge in [0.15, 0.2) is 6.10 Å². The minimum Gasteiger partial charge on any atom is -0.448 e. The van der Waals surface area contributed by atoms with E-state index in [-0.39, 0.29) is 12.1 Å². The summed E-state index contributed by atoms with van der Waals surface area (Å²) in [6.45, 7) is 9.38. The van der Waals surface area contributed by atoms with Crippen LogP contribution in [-0.2, 0) is 14.3 Å². The highest BCUT2D eigenvalue weighted by atomic mass is 16.5. The second kappa shape index (κ2) is 9.31. The average molecular weight is 326 g/mol. The highest BCUT2D eigenvalue weighted by molar-refractivity contribution is 5.99. The highest BCUT2D eigenvalue weighted by Crippen LogP contribution is 2.16. The van der Waals surface area contributed by atoms with Gasteiger partial charge < -0.3 is 10.1 Å². The fraction of sp³-hybridized carbons (Fsp3) is 0.316. The summed E-state index contributed by atoms with van der Waals surface area (Å²) in [7, 11) is 0. The van der Waals surface area contributed by atoms with Crippen molar-refractivity contribution in [2.45, 2.75) is 32.8 Å². The maximum Gasteiger partial charge on any atom is 0.349 e. The molecule has 0 unspecified atom stereocenters. The molecular weight excluding hydrogens is 304 g/mol. The van der Waals surface area contributed by atoms with Crippen LogP contribution in [0.4, 0.5) is 0 Å². The Balaban J connectivity index is 2.80. The first-order chi connectivity index (χ1) is 11.4. The van der Waals surface area contributed by atoms with Gasteiger partial charge in [0.25, 0.3) is 5.91 Å². The summed E-state index contributed by atoms with van der Waals surface area (Å²) in [6, 6.07) is 9.37. The van der Waals surface area contributed by atoms with E-state index in [9.17, 15) is 9.59 Å². The van der Waals surface area contributed by atoms with Crippen molar-refractivity contribution in [2.24, 2.45) is 0 Å². The van der Waals surface area contributed by atoms with Gasteiger partial charge >= 0.3 is 5.97 Å². The molecule has 0 aliphatic carbocycles. The fourth-order valence-corrected chi connectivity index (χ4v) is 1.87. The van der Waals surface area contributed by atoms with Gasteiger partial charge in [-0.1, -0.05) is 44.2 Å². The van der Waals surface area contributed by atoms with Gasteiger partial charge in [-0.3, -0.25) is 4.79 Å². The molecule has 5 heteroatoms. The molecule has 5 nitrogen and oxygen atoms in total. The summed E-state index contributed by atoms with van der Waals surface area (Å²) in [5.41, 5.74) is 1.73. The van der Waals surface area contributed by atoms with Gasteiger partial charge in [-0.2, -0.15) is 5.26 Å². The predicted molar refractivity (Wildman–Crippen MR) is 92.9 cm³/mol. The van der Waals surface area contributed by atoms with Gasteiger partial charge in [-0.15, -0.1) is 6.58 Å². The number of rotatable bonds is 7. The zero-order valence-electron chi connectivity index (χ0n) is 14.2. The van der Waals surface area contributed by atoms with E-state index in [2.05, 4.69) is 25.7 Å². The molecule has 126 valence electrons. The Morgan fingerprint density at radius 1 is 1.29 bits per heavy atom. The topological polar surface area (TPSA) is 79.2 Å². The molecule has 1 amide bonds. The number of nitriles is 1. The van der Waals surface area contributed by atoms with Gasteiger partial charge in [0.1, 0.15) is 11.6 Å². The number of hydrogen-bond acceptors (Lipinski definition) is 4. The van der Waals surface area contributed by atoms with Crippen LogP contribution in [0.25, 0.3) is 6.08 Å². The van der Waals surface area contributed by atoms with Crippen LogP contribution in [0.15, 0.2) is 42.5 Å². The third-order valence-electron chi connectivity index (χ3n) is 3.33. The Bertz CT molecular complexity index is 667. The minimum absolute atomic E-state index is 0.157. The zero-order valence-corrected chi connectivity index (χ0v) is 14.2. The first-order valence-corrected chi connectivity index (χ1v) is 7.70. The van der Waals surface area contributed by atoms with E-state index in [1.54, 1.807) is 0 Å². The molecule has 1 atom stereocenters. The Labute approximate surface area is 142 Å². The van der Waals surface area contributed by atoms with Gasteiger partial charge in [-0.05, 0) is 30.0 Å². The first kappa shape index (κ1) is 19.2. The van der Waals surface area contributed by atoms with E-state index in [0.29, 0.717) is 5.92 Å². The van der Waals surface area contributed by atoms with Crippen molar-refractivity contribution >= 4 is 18.0 Å². The Morgan fingerprint density at radius 3 is 2.42 bits per heavy atom. The molecule has 0 aliphatic rings. The monoisotopic (exact) mass is 326 g/mol. The molecule has 0 heterocycles. The van der Waals surface area contributed by atoms with Crippen LogP contribution in [0.1, 0.15) is 37.8 Å². The summed E-state index contributed by atoms with van der Waals surface area (Å²) < 4.78 is 5.02. The number of esters is 1. The molecule has 1 rings (SSSR count). The number of carbonyl (C=O) groups excluding carboxylic acids is 2. The van der Waals surface area contributed by atoms with Crippen LogP contribution in [0.3, 0.4) is 0 Å². The largest absolute Gasteiger partial charge is 0.448 e. The maximum absolute atomic E-state index is 12.0. The molecule has 1 aromatic rings. The second-order valence-electron chi connectivity index (χ2n) is 5.57. The summed E-state index contributed by atoms with van der Waals surface area (Å²) in [4.78, 5) is 23.7. The van der Waals surface area contributed by atoms with Gasteiger partial charge in [-0.25, -0.2) is 4.79 Å². The van der Waals surface area contributed by atoms with Crippen LogP contribution in [0.5, 0.6) is 0 Å². The number of nitrogens with zero attached hydrogens (tertiary/aromatic N) is 1. The lowest BCUT2D eigenvalue weighted by molar-refractivity contribution is -0.150. The number of benzene rings is 1. The standard InChI is InChI=1S/C19H22N2O3/c1-5-10-21-18(22)14(4)24-19(23)17(12-20)11-15-6-8-16(9-7-15)13(2)3/h5-9,11,13-14H,1,10H2,2-4H3,(H,21,22)/b17-11+/t14-/m1/s1. The zero-order chi connectivity index (χ0) is 18.1. The van der Waals surface area contributed by atoms with E-state index in [4.69, 9.17) is 10.00 Å². The van der Waals surface area contributed by atoms with Crippen LogP contribution in [-0.4, -0.2) is 24.5 Å². The van der Waals surface area contributed by atoms with Crippen LogP contribution >= 0.6 is 0 Å². The molecule has 0 bridgehead atoms. The molecule has 0 spiro atoms. The lowest BCUT2D eigenvalue weighted by Crippen LogP contribution is -2.36. The Morgan fingerprint density at radius 2 is 1.92 bits per heavy atom. The van der Waals surface area contributed by atoms with Crippen molar-refractivity contribution in [3.63, 3.8) is 0 Å².